The third-order valence-corrected chi connectivity index (χ3v) is 2.59. The number of nitriles is 1. The molecule has 0 radical (unpaired) electrons. The van der Waals surface area contributed by atoms with E-state index in [1.165, 1.54) is 0 Å². The first-order valence-electron chi connectivity index (χ1n) is 5.68. The van der Waals surface area contributed by atoms with Crippen molar-refractivity contribution in [2.45, 2.75) is 12.8 Å². The van der Waals surface area contributed by atoms with Crippen molar-refractivity contribution in [1.82, 2.24) is 10.3 Å². The Morgan fingerprint density at radius 2 is 2.35 bits per heavy atom. The lowest BCUT2D eigenvalue weighted by atomic mass is 10.3. The van der Waals surface area contributed by atoms with E-state index in [-0.39, 0.29) is 11.8 Å². The van der Waals surface area contributed by atoms with Gasteiger partial charge in [-0.05, 0) is 25.0 Å². The fraction of sp³-hybridized carbons (Fsp3) is 0.417. The largest absolute Gasteiger partial charge is 0.367 e. The topological polar surface area (TPSA) is 77.8 Å². The van der Waals surface area contributed by atoms with Gasteiger partial charge in [0.1, 0.15) is 11.9 Å². The van der Waals surface area contributed by atoms with E-state index in [2.05, 4.69) is 21.7 Å². The quantitative estimate of drug-likeness (QED) is 0.736. The van der Waals surface area contributed by atoms with E-state index in [0.29, 0.717) is 24.5 Å². The van der Waals surface area contributed by atoms with Crippen molar-refractivity contribution in [1.29, 1.82) is 5.26 Å². The first kappa shape index (κ1) is 11.4. The van der Waals surface area contributed by atoms with Crippen LogP contribution in [-0.2, 0) is 4.79 Å². The Labute approximate surface area is 99.9 Å². The van der Waals surface area contributed by atoms with Gasteiger partial charge in [-0.3, -0.25) is 4.79 Å². The molecule has 17 heavy (non-hydrogen) atoms. The van der Waals surface area contributed by atoms with Crippen molar-refractivity contribution in [2.75, 3.05) is 18.4 Å². The molecule has 5 heteroatoms. The molecule has 0 atom stereocenters. The molecule has 5 nitrogen and oxygen atoms in total. The van der Waals surface area contributed by atoms with Gasteiger partial charge in [-0.15, -0.1) is 0 Å². The second-order valence-electron chi connectivity index (χ2n) is 4.00. The number of hydrogen-bond acceptors (Lipinski definition) is 4. The van der Waals surface area contributed by atoms with E-state index in [4.69, 9.17) is 5.26 Å². The molecule has 88 valence electrons. The van der Waals surface area contributed by atoms with Crippen molar-refractivity contribution in [2.24, 2.45) is 5.92 Å². The molecule has 0 bridgehead atoms. The van der Waals surface area contributed by atoms with E-state index in [9.17, 15) is 4.79 Å². The van der Waals surface area contributed by atoms with Crippen LogP contribution < -0.4 is 10.6 Å². The summed E-state index contributed by atoms with van der Waals surface area (Å²) >= 11 is 0. The molecular formula is C12H14N4O. The Hall–Kier alpha value is -2.09. The normalized spacial score (nSPS) is 13.8. The number of nitrogens with zero attached hydrogens (tertiary/aromatic N) is 2. The number of carbonyl (C=O) groups excluding carboxylic acids is 1. The highest BCUT2D eigenvalue weighted by atomic mass is 16.2. The van der Waals surface area contributed by atoms with E-state index >= 15 is 0 Å². The summed E-state index contributed by atoms with van der Waals surface area (Å²) in [6.07, 6.45) is 3.65. The van der Waals surface area contributed by atoms with Crippen molar-refractivity contribution in [3.05, 3.63) is 23.9 Å². The predicted octanol–water partition coefficient (Wildman–Crippen LogP) is 0.891. The number of pyridine rings is 1. The lowest BCUT2D eigenvalue weighted by Gasteiger charge is -2.07. The second kappa shape index (κ2) is 5.30. The molecule has 1 amide bonds. The smallest absolute Gasteiger partial charge is 0.223 e. The number of hydrogen-bond donors (Lipinski definition) is 2. The van der Waals surface area contributed by atoms with E-state index in [1.807, 2.05) is 0 Å². The predicted molar refractivity (Wildman–Crippen MR) is 63.2 cm³/mol. The van der Waals surface area contributed by atoms with Crippen LogP contribution in [0.4, 0.5) is 5.82 Å². The number of anilines is 1. The van der Waals surface area contributed by atoms with Gasteiger partial charge < -0.3 is 10.6 Å². The number of amides is 1. The van der Waals surface area contributed by atoms with Gasteiger partial charge in [0.05, 0.1) is 5.56 Å². The van der Waals surface area contributed by atoms with Crippen molar-refractivity contribution >= 4 is 11.7 Å². The lowest BCUT2D eigenvalue weighted by molar-refractivity contribution is -0.122. The monoisotopic (exact) mass is 230 g/mol. The zero-order valence-corrected chi connectivity index (χ0v) is 9.44. The Bertz CT molecular complexity index is 448. The molecule has 0 spiro atoms. The van der Waals surface area contributed by atoms with Crippen LogP contribution in [0.1, 0.15) is 18.4 Å². The summed E-state index contributed by atoms with van der Waals surface area (Å²) in [5.74, 6) is 0.934. The fourth-order valence-corrected chi connectivity index (χ4v) is 1.49. The third kappa shape index (κ3) is 3.18. The number of rotatable bonds is 5. The first-order valence-corrected chi connectivity index (χ1v) is 5.68. The van der Waals surface area contributed by atoms with Crippen LogP contribution in [0.15, 0.2) is 18.3 Å². The molecule has 1 aromatic heterocycles. The van der Waals surface area contributed by atoms with Gasteiger partial charge in [-0.2, -0.15) is 5.26 Å². The average Bonchev–Trinajstić information content (AvgIpc) is 3.19. The van der Waals surface area contributed by atoms with Crippen LogP contribution in [-0.4, -0.2) is 24.0 Å². The van der Waals surface area contributed by atoms with Crippen LogP contribution in [0, 0.1) is 17.2 Å². The molecule has 1 aromatic rings. The van der Waals surface area contributed by atoms with Gasteiger partial charge in [0.2, 0.25) is 5.91 Å². The Kier molecular flexibility index (Phi) is 3.55. The van der Waals surface area contributed by atoms with Crippen molar-refractivity contribution in [3.8, 4) is 6.07 Å². The highest BCUT2D eigenvalue weighted by Crippen LogP contribution is 2.28. The Morgan fingerprint density at radius 1 is 1.53 bits per heavy atom. The maximum absolute atomic E-state index is 11.3. The zero-order chi connectivity index (χ0) is 12.1. The zero-order valence-electron chi connectivity index (χ0n) is 9.44. The van der Waals surface area contributed by atoms with Crippen molar-refractivity contribution < 1.29 is 4.79 Å². The molecule has 1 aliphatic rings. The SMILES string of the molecule is N#Cc1cccnc1NCCNC(=O)C1CC1. The molecule has 0 saturated heterocycles. The summed E-state index contributed by atoms with van der Waals surface area (Å²) in [5.41, 5.74) is 0.515. The molecule has 0 aromatic carbocycles. The maximum atomic E-state index is 11.3. The summed E-state index contributed by atoms with van der Waals surface area (Å²) < 4.78 is 0. The van der Waals surface area contributed by atoms with E-state index in [0.717, 1.165) is 12.8 Å². The molecule has 0 aliphatic heterocycles. The van der Waals surface area contributed by atoms with Crippen LogP contribution in [0.2, 0.25) is 0 Å². The van der Waals surface area contributed by atoms with E-state index in [1.54, 1.807) is 18.3 Å². The summed E-state index contributed by atoms with van der Waals surface area (Å²) in [5, 5.41) is 14.7. The minimum absolute atomic E-state index is 0.133. The molecule has 1 heterocycles. The van der Waals surface area contributed by atoms with Gasteiger partial charge in [-0.1, -0.05) is 0 Å². The minimum atomic E-state index is 0.133. The lowest BCUT2D eigenvalue weighted by Crippen LogP contribution is -2.30. The van der Waals surface area contributed by atoms with Crippen LogP contribution >= 0.6 is 0 Å². The fourth-order valence-electron chi connectivity index (χ4n) is 1.49. The Morgan fingerprint density at radius 3 is 3.06 bits per heavy atom. The number of nitrogens with one attached hydrogen (secondary N) is 2. The highest BCUT2D eigenvalue weighted by Gasteiger charge is 2.28. The van der Waals surface area contributed by atoms with Gasteiger partial charge in [0.15, 0.2) is 0 Å². The molecular weight excluding hydrogens is 216 g/mol. The summed E-state index contributed by atoms with van der Waals surface area (Å²) in [6, 6.07) is 5.49. The van der Waals surface area contributed by atoms with E-state index < -0.39 is 0 Å². The van der Waals surface area contributed by atoms with Gasteiger partial charge in [0, 0.05) is 25.2 Å². The van der Waals surface area contributed by atoms with Gasteiger partial charge in [-0.25, -0.2) is 4.98 Å². The molecule has 1 fully saturated rings. The average molecular weight is 230 g/mol. The van der Waals surface area contributed by atoms with Crippen LogP contribution in [0.25, 0.3) is 0 Å². The second-order valence-corrected chi connectivity index (χ2v) is 4.00. The Balaban J connectivity index is 1.74. The van der Waals surface area contributed by atoms with Gasteiger partial charge >= 0.3 is 0 Å². The summed E-state index contributed by atoms with van der Waals surface area (Å²) in [6.45, 7) is 1.13. The molecule has 0 unspecified atom stereocenters. The minimum Gasteiger partial charge on any atom is -0.367 e. The van der Waals surface area contributed by atoms with Crippen molar-refractivity contribution in [3.63, 3.8) is 0 Å². The molecule has 2 rings (SSSR count). The van der Waals surface area contributed by atoms with Crippen LogP contribution in [0.5, 0.6) is 0 Å². The first-order chi connectivity index (χ1) is 8.31. The highest BCUT2D eigenvalue weighted by molar-refractivity contribution is 5.80. The third-order valence-electron chi connectivity index (χ3n) is 2.59. The number of aromatic nitrogens is 1. The standard InChI is InChI=1S/C12H14N4O/c13-8-10-2-1-5-14-11(10)15-6-7-16-12(17)9-3-4-9/h1-2,5,9H,3-4,6-7H2,(H,14,15)(H,16,17). The van der Waals surface area contributed by atoms with Gasteiger partial charge in [0.25, 0.3) is 0 Å². The summed E-state index contributed by atoms with van der Waals surface area (Å²) in [4.78, 5) is 15.4. The maximum Gasteiger partial charge on any atom is 0.223 e. The summed E-state index contributed by atoms with van der Waals surface area (Å²) in [7, 11) is 0. The molecule has 1 aliphatic carbocycles. The molecule has 2 N–H and O–H groups in total. The molecule has 1 saturated carbocycles. The number of carbonyl (C=O) groups is 1. The van der Waals surface area contributed by atoms with Crippen LogP contribution in [0.3, 0.4) is 0 Å².